The molecule has 0 unspecified atom stereocenters. The number of carbonyl (C=O) groups is 3. The van der Waals surface area contributed by atoms with E-state index in [0.29, 0.717) is 42.5 Å². The highest BCUT2D eigenvalue weighted by Crippen LogP contribution is 2.41. The van der Waals surface area contributed by atoms with Crippen molar-refractivity contribution < 1.29 is 33.0 Å². The minimum atomic E-state index is -0.741. The molecule has 0 saturated carbocycles. The smallest absolute Gasteiger partial charge is 0.345 e. The van der Waals surface area contributed by atoms with Crippen LogP contribution in [-0.2, 0) is 20.8 Å². The van der Waals surface area contributed by atoms with E-state index in [1.54, 1.807) is 16.8 Å². The van der Waals surface area contributed by atoms with Gasteiger partial charge in [-0.15, -0.1) is 0 Å². The molecule has 1 N–H and O–H groups in total. The molecule has 194 valence electrons. The van der Waals surface area contributed by atoms with Gasteiger partial charge in [-0.2, -0.15) is 5.01 Å². The van der Waals surface area contributed by atoms with Crippen LogP contribution in [-0.4, -0.2) is 85.8 Å². The molecule has 37 heavy (non-hydrogen) atoms. The Bertz CT molecular complexity index is 1360. The number of aliphatic hydroxyl groups excluding tert-OH is 1. The maximum atomic E-state index is 14.0. The van der Waals surface area contributed by atoms with Gasteiger partial charge < -0.3 is 14.9 Å². The summed E-state index contributed by atoms with van der Waals surface area (Å²) in [5, 5.41) is 13.6. The number of carbonyl (C=O) groups excluding carboxylic acids is 3. The lowest BCUT2D eigenvalue weighted by Crippen LogP contribution is -2.72. The number of likely N-dealkylation sites (tertiary alicyclic amines) is 1. The second-order valence-corrected chi connectivity index (χ2v) is 10.4. The average Bonchev–Trinajstić information content (AvgIpc) is 2.83. The van der Waals surface area contributed by atoms with Gasteiger partial charge in [0, 0.05) is 51.9 Å². The summed E-state index contributed by atoms with van der Waals surface area (Å²) in [4.78, 5) is 46.2. The molecule has 0 radical (unpaired) electrons. The van der Waals surface area contributed by atoms with Gasteiger partial charge in [0.1, 0.15) is 22.2 Å². The van der Waals surface area contributed by atoms with Gasteiger partial charge in [-0.3, -0.25) is 14.4 Å². The summed E-state index contributed by atoms with van der Waals surface area (Å²) in [6, 6.07) is 3.33. The van der Waals surface area contributed by atoms with Crippen molar-refractivity contribution >= 4 is 40.6 Å². The topological polar surface area (TPSA) is 96.5 Å². The highest BCUT2D eigenvalue weighted by molar-refractivity contribution is 8.18. The molecule has 12 heteroatoms. The molecule has 0 aliphatic carbocycles. The van der Waals surface area contributed by atoms with E-state index in [2.05, 4.69) is 4.99 Å². The molecule has 2 amide bonds. The lowest BCUT2D eigenvalue weighted by molar-refractivity contribution is -0.675. The van der Waals surface area contributed by atoms with Crippen LogP contribution in [0.3, 0.4) is 0 Å². The van der Waals surface area contributed by atoms with Crippen molar-refractivity contribution in [3.05, 3.63) is 57.5 Å². The standard InChI is InChI=1S/C25H25F2N5O4S/c1-4-31-24(36)20-22(35)21(34)17(23-28-19(37-23)11-15-5-6-16(26)12-18(15)27)13-32(20)29(3)25(31)7-9-30(10-8-25)14(2)33/h5-6,12-13H,4,7-11H2,1-3H3/p+1. The number of hydrazone groups is 1. The first-order chi connectivity index (χ1) is 17.6. The Morgan fingerprint density at radius 2 is 1.92 bits per heavy atom. The summed E-state index contributed by atoms with van der Waals surface area (Å²) in [6.45, 7) is 4.66. The van der Waals surface area contributed by atoms with Crippen LogP contribution in [0.5, 0.6) is 0 Å². The minimum absolute atomic E-state index is 0.0285. The third kappa shape index (κ3) is 3.94. The van der Waals surface area contributed by atoms with Crippen molar-refractivity contribution in [2.24, 2.45) is 4.99 Å². The minimum Gasteiger partial charge on any atom is -0.499 e. The SMILES string of the molecule is CCN1C(=O)C2=C(O)C(=O)C(=C3N=C(Cc4ccc(F)cc4F)S3)C=[N+]2N(C)C12CCN(C(C)=O)CC2. The maximum Gasteiger partial charge on any atom is 0.345 e. The predicted molar refractivity (Wildman–Crippen MR) is 132 cm³/mol. The summed E-state index contributed by atoms with van der Waals surface area (Å²) in [6.07, 6.45) is 2.64. The summed E-state index contributed by atoms with van der Waals surface area (Å²) in [7, 11) is 1.79. The van der Waals surface area contributed by atoms with Crippen molar-refractivity contribution in [1.29, 1.82) is 0 Å². The normalized spacial score (nSPS) is 23.2. The van der Waals surface area contributed by atoms with Crippen molar-refractivity contribution in [3.8, 4) is 0 Å². The zero-order valence-electron chi connectivity index (χ0n) is 20.6. The number of rotatable bonds is 3. The molecular weight excluding hydrogens is 504 g/mol. The van der Waals surface area contributed by atoms with Crippen LogP contribution in [0.4, 0.5) is 8.78 Å². The highest BCUT2D eigenvalue weighted by atomic mass is 32.2. The lowest BCUT2D eigenvalue weighted by atomic mass is 9.91. The van der Waals surface area contributed by atoms with E-state index < -0.39 is 34.7 Å². The number of nitrogens with zero attached hydrogens (tertiary/aromatic N) is 5. The quantitative estimate of drug-likeness (QED) is 0.476. The molecular formula is C25H26F2N5O4S+. The van der Waals surface area contributed by atoms with Gasteiger partial charge in [0.15, 0.2) is 5.66 Å². The summed E-state index contributed by atoms with van der Waals surface area (Å²) < 4.78 is 28.7. The number of allylic oxidation sites excluding steroid dienone is 1. The van der Waals surface area contributed by atoms with Crippen LogP contribution < -0.4 is 0 Å². The number of likely N-dealkylation sites (N-methyl/N-ethyl adjacent to an activating group) is 1. The van der Waals surface area contributed by atoms with Crippen molar-refractivity contribution in [1.82, 2.24) is 14.8 Å². The van der Waals surface area contributed by atoms with Gasteiger partial charge in [0.2, 0.25) is 23.7 Å². The largest absolute Gasteiger partial charge is 0.499 e. The maximum absolute atomic E-state index is 14.0. The molecule has 1 aromatic rings. The number of aliphatic imine (C=N–C) groups is 1. The number of ketones is 1. The number of aliphatic hydroxyl groups is 1. The Balaban J connectivity index is 1.49. The van der Waals surface area contributed by atoms with Crippen molar-refractivity contribution in [2.45, 2.75) is 38.8 Å². The monoisotopic (exact) mass is 530 g/mol. The van der Waals surface area contributed by atoms with E-state index in [4.69, 9.17) is 0 Å². The molecule has 1 aromatic carbocycles. The van der Waals surface area contributed by atoms with E-state index in [9.17, 15) is 28.3 Å². The zero-order chi connectivity index (χ0) is 26.6. The molecule has 4 aliphatic rings. The third-order valence-corrected chi connectivity index (χ3v) is 8.37. The Kier molecular flexibility index (Phi) is 6.17. The predicted octanol–water partition coefficient (Wildman–Crippen LogP) is 2.35. The Morgan fingerprint density at radius 3 is 2.51 bits per heavy atom. The molecule has 2 fully saturated rings. The van der Waals surface area contributed by atoms with Gasteiger partial charge in [0.25, 0.3) is 0 Å². The van der Waals surface area contributed by atoms with E-state index in [1.807, 2.05) is 11.9 Å². The Hall–Kier alpha value is -3.54. The molecule has 4 aliphatic heterocycles. The molecule has 5 rings (SSSR count). The Morgan fingerprint density at radius 1 is 1.24 bits per heavy atom. The summed E-state index contributed by atoms with van der Waals surface area (Å²) in [5.41, 5.74) is -0.466. The van der Waals surface area contributed by atoms with Crippen molar-refractivity contribution in [2.75, 3.05) is 26.7 Å². The number of benzene rings is 1. The first-order valence-corrected chi connectivity index (χ1v) is 12.8. The molecule has 9 nitrogen and oxygen atoms in total. The number of halogens is 2. The molecule has 0 bridgehead atoms. The van der Waals surface area contributed by atoms with E-state index in [0.717, 1.165) is 6.07 Å². The number of fused-ring (bicyclic) bond motifs is 1. The number of Topliss-reactive ketones (excluding diaryl/α,β-unsaturated/α-hetero) is 1. The van der Waals surface area contributed by atoms with E-state index >= 15 is 0 Å². The van der Waals surface area contributed by atoms with Gasteiger partial charge in [0.05, 0.1) is 12.1 Å². The average molecular weight is 531 g/mol. The van der Waals surface area contributed by atoms with Crippen molar-refractivity contribution in [3.63, 3.8) is 0 Å². The molecule has 2 saturated heterocycles. The van der Waals surface area contributed by atoms with Gasteiger partial charge in [-0.1, -0.05) is 22.5 Å². The fourth-order valence-corrected chi connectivity index (χ4v) is 6.20. The van der Waals surface area contributed by atoms with Crippen LogP contribution >= 0.6 is 11.8 Å². The van der Waals surface area contributed by atoms with Gasteiger partial charge >= 0.3 is 11.6 Å². The molecule has 4 heterocycles. The number of hydrogen-bond acceptors (Lipinski definition) is 7. The van der Waals surface area contributed by atoms with E-state index in [-0.39, 0.29) is 29.2 Å². The molecule has 0 aromatic heterocycles. The number of amides is 2. The number of hydrogen-bond donors (Lipinski definition) is 1. The van der Waals surface area contributed by atoms with Gasteiger partial charge in [-0.05, 0) is 18.6 Å². The first-order valence-electron chi connectivity index (χ1n) is 11.9. The summed E-state index contributed by atoms with van der Waals surface area (Å²) in [5.74, 6) is -3.21. The number of thioether (sulfide) groups is 1. The fraction of sp³-hybridized carbons (Fsp3) is 0.400. The summed E-state index contributed by atoms with van der Waals surface area (Å²) >= 11 is 1.17. The molecule has 1 spiro atoms. The first kappa shape index (κ1) is 25.1. The van der Waals surface area contributed by atoms with Crippen LogP contribution in [0.1, 0.15) is 32.3 Å². The van der Waals surface area contributed by atoms with Crippen LogP contribution in [0.25, 0.3) is 0 Å². The van der Waals surface area contributed by atoms with E-state index in [1.165, 1.54) is 41.7 Å². The zero-order valence-corrected chi connectivity index (χ0v) is 21.4. The highest BCUT2D eigenvalue weighted by Gasteiger charge is 2.59. The Labute approximate surface area is 216 Å². The van der Waals surface area contributed by atoms with Crippen LogP contribution in [0, 0.1) is 11.6 Å². The second-order valence-electron chi connectivity index (χ2n) is 9.30. The fourth-order valence-electron chi connectivity index (χ4n) is 5.33. The van der Waals surface area contributed by atoms with Gasteiger partial charge in [-0.25, -0.2) is 13.8 Å². The lowest BCUT2D eigenvalue weighted by Gasteiger charge is -2.53. The number of hydrazine groups is 1. The third-order valence-electron chi connectivity index (χ3n) is 7.39. The molecule has 0 atom stereocenters. The van der Waals surface area contributed by atoms with Crippen LogP contribution in [0.2, 0.25) is 0 Å². The number of piperidine rings is 1. The second kappa shape index (κ2) is 9.09. The van der Waals surface area contributed by atoms with Crippen LogP contribution in [0.15, 0.2) is 45.2 Å².